The standard InChI is InChI=1S/C17H21N5O3S2.C2H6/c18-27(23,24)17-20-22-12-15(19-16(22)26-17)13-4-6-14(7-5-13)25-11-10-21-8-2-1-3-9-21;1-2/h4-7,12H,1-3,8-11H2,(H2,18,23,24);1-2H3. The van der Waals surface area contributed by atoms with E-state index in [-0.39, 0.29) is 4.34 Å². The number of fused-ring (bicyclic) bond motifs is 1. The van der Waals surface area contributed by atoms with E-state index in [9.17, 15) is 8.42 Å². The second kappa shape index (κ2) is 9.66. The van der Waals surface area contributed by atoms with Crippen molar-refractivity contribution in [2.45, 2.75) is 37.4 Å². The van der Waals surface area contributed by atoms with Gasteiger partial charge in [-0.3, -0.25) is 4.90 Å². The molecule has 158 valence electrons. The van der Waals surface area contributed by atoms with E-state index >= 15 is 0 Å². The Morgan fingerprint density at radius 2 is 1.83 bits per heavy atom. The highest BCUT2D eigenvalue weighted by atomic mass is 32.2. The van der Waals surface area contributed by atoms with Crippen molar-refractivity contribution in [3.8, 4) is 17.0 Å². The molecule has 2 aromatic heterocycles. The summed E-state index contributed by atoms with van der Waals surface area (Å²) in [7, 11) is -3.81. The van der Waals surface area contributed by atoms with Crippen LogP contribution in [0.15, 0.2) is 34.8 Å². The molecule has 0 saturated carbocycles. The van der Waals surface area contributed by atoms with Crippen LogP contribution in [0.4, 0.5) is 0 Å². The molecule has 29 heavy (non-hydrogen) atoms. The van der Waals surface area contributed by atoms with Crippen molar-refractivity contribution < 1.29 is 13.2 Å². The Bertz CT molecular complexity index is 990. The summed E-state index contributed by atoms with van der Waals surface area (Å²) in [5.74, 6) is 0.825. The summed E-state index contributed by atoms with van der Waals surface area (Å²) in [6.07, 6.45) is 5.59. The SMILES string of the molecule is CC.NS(=O)(=O)c1nn2cc(-c3ccc(OCCN4CCCCC4)cc3)nc2s1. The Hall–Kier alpha value is -2.01. The number of piperidine rings is 1. The summed E-state index contributed by atoms with van der Waals surface area (Å²) < 4.78 is 29.8. The summed E-state index contributed by atoms with van der Waals surface area (Å²) in [6.45, 7) is 7.97. The highest BCUT2D eigenvalue weighted by molar-refractivity contribution is 7.91. The largest absolute Gasteiger partial charge is 0.492 e. The number of sulfonamides is 1. The van der Waals surface area contributed by atoms with Crippen LogP contribution >= 0.6 is 11.3 Å². The number of likely N-dealkylation sites (tertiary alicyclic amines) is 1. The van der Waals surface area contributed by atoms with Gasteiger partial charge in [0.15, 0.2) is 0 Å². The van der Waals surface area contributed by atoms with Crippen LogP contribution < -0.4 is 9.88 Å². The zero-order valence-corrected chi connectivity index (χ0v) is 18.4. The second-order valence-corrected chi connectivity index (χ2v) is 9.23. The van der Waals surface area contributed by atoms with Crippen LogP contribution in [0.3, 0.4) is 0 Å². The third kappa shape index (κ3) is 5.53. The lowest BCUT2D eigenvalue weighted by atomic mass is 10.1. The van der Waals surface area contributed by atoms with Crippen molar-refractivity contribution in [1.82, 2.24) is 19.5 Å². The van der Waals surface area contributed by atoms with Gasteiger partial charge < -0.3 is 4.74 Å². The van der Waals surface area contributed by atoms with Gasteiger partial charge in [0.25, 0.3) is 10.0 Å². The number of hydrogen-bond donors (Lipinski definition) is 1. The fourth-order valence-corrected chi connectivity index (χ4v) is 4.64. The molecule has 0 radical (unpaired) electrons. The summed E-state index contributed by atoms with van der Waals surface area (Å²) in [6, 6.07) is 7.71. The fraction of sp³-hybridized carbons (Fsp3) is 0.474. The molecule has 0 spiro atoms. The Balaban J connectivity index is 0.00000117. The molecular formula is C19H27N5O3S2. The van der Waals surface area contributed by atoms with Gasteiger partial charge in [0.05, 0.1) is 11.9 Å². The summed E-state index contributed by atoms with van der Waals surface area (Å²) in [4.78, 5) is 7.35. The van der Waals surface area contributed by atoms with E-state index in [0.717, 1.165) is 34.9 Å². The van der Waals surface area contributed by atoms with Crippen LogP contribution in [-0.2, 0) is 10.0 Å². The topological polar surface area (TPSA) is 103 Å². The van der Waals surface area contributed by atoms with Crippen molar-refractivity contribution in [2.75, 3.05) is 26.2 Å². The molecular weight excluding hydrogens is 410 g/mol. The van der Waals surface area contributed by atoms with E-state index in [2.05, 4.69) is 15.0 Å². The van der Waals surface area contributed by atoms with E-state index in [1.54, 1.807) is 6.20 Å². The quantitative estimate of drug-likeness (QED) is 0.636. The Labute approximate surface area is 175 Å². The molecule has 1 saturated heterocycles. The van der Waals surface area contributed by atoms with Crippen molar-refractivity contribution in [1.29, 1.82) is 0 Å². The molecule has 3 heterocycles. The molecule has 2 N–H and O–H groups in total. The lowest BCUT2D eigenvalue weighted by Crippen LogP contribution is -2.33. The van der Waals surface area contributed by atoms with Crippen LogP contribution in [-0.4, -0.2) is 54.2 Å². The van der Waals surface area contributed by atoms with Crippen LogP contribution in [0.5, 0.6) is 5.75 Å². The summed E-state index contributed by atoms with van der Waals surface area (Å²) in [5.41, 5.74) is 1.63. The van der Waals surface area contributed by atoms with Crippen molar-refractivity contribution in [3.05, 3.63) is 30.5 Å². The van der Waals surface area contributed by atoms with Crippen LogP contribution in [0.1, 0.15) is 33.1 Å². The fourth-order valence-electron chi connectivity index (χ4n) is 3.13. The van der Waals surface area contributed by atoms with E-state index in [0.29, 0.717) is 11.6 Å². The van der Waals surface area contributed by atoms with E-state index < -0.39 is 10.0 Å². The number of nitrogens with two attached hydrogens (primary N) is 1. The number of ether oxygens (including phenoxy) is 1. The minimum atomic E-state index is -3.81. The summed E-state index contributed by atoms with van der Waals surface area (Å²) in [5, 5.41) is 9.06. The van der Waals surface area contributed by atoms with Gasteiger partial charge in [0.1, 0.15) is 12.4 Å². The van der Waals surface area contributed by atoms with Gasteiger partial charge in [-0.1, -0.05) is 31.6 Å². The third-order valence-electron chi connectivity index (χ3n) is 4.54. The number of hydrogen-bond acceptors (Lipinski definition) is 7. The lowest BCUT2D eigenvalue weighted by molar-refractivity contribution is 0.183. The zero-order chi connectivity index (χ0) is 20.9. The normalized spacial score (nSPS) is 15.1. The van der Waals surface area contributed by atoms with Gasteiger partial charge in [-0.2, -0.15) is 0 Å². The minimum Gasteiger partial charge on any atom is -0.492 e. The van der Waals surface area contributed by atoms with Crippen molar-refractivity contribution >= 4 is 26.3 Å². The number of rotatable bonds is 6. The van der Waals surface area contributed by atoms with E-state index in [1.807, 2.05) is 38.1 Å². The monoisotopic (exact) mass is 437 g/mol. The molecule has 8 nitrogen and oxygen atoms in total. The molecule has 0 atom stereocenters. The molecule has 1 aliphatic rings. The first-order valence-corrected chi connectivity index (χ1v) is 12.2. The maximum atomic E-state index is 11.3. The van der Waals surface area contributed by atoms with Gasteiger partial charge >= 0.3 is 0 Å². The average molecular weight is 438 g/mol. The smallest absolute Gasteiger partial charge is 0.267 e. The maximum absolute atomic E-state index is 11.3. The van der Waals surface area contributed by atoms with Crippen LogP contribution in [0.25, 0.3) is 16.2 Å². The molecule has 0 unspecified atom stereocenters. The molecule has 0 aliphatic carbocycles. The van der Waals surface area contributed by atoms with Gasteiger partial charge in [-0.15, -0.1) is 5.10 Å². The van der Waals surface area contributed by atoms with Gasteiger partial charge in [0.2, 0.25) is 9.30 Å². The summed E-state index contributed by atoms with van der Waals surface area (Å²) >= 11 is 0.946. The Kier molecular flexibility index (Phi) is 7.23. The predicted molar refractivity (Wildman–Crippen MR) is 115 cm³/mol. The van der Waals surface area contributed by atoms with E-state index in [4.69, 9.17) is 9.88 Å². The number of benzene rings is 1. The molecule has 1 fully saturated rings. The van der Waals surface area contributed by atoms with E-state index in [1.165, 1.54) is 36.9 Å². The lowest BCUT2D eigenvalue weighted by Gasteiger charge is -2.26. The third-order valence-corrected chi connectivity index (χ3v) is 6.78. The maximum Gasteiger partial charge on any atom is 0.267 e. The first-order chi connectivity index (χ1) is 14.0. The number of aromatic nitrogens is 3. The van der Waals surface area contributed by atoms with Crippen molar-refractivity contribution in [3.63, 3.8) is 0 Å². The number of primary sulfonamides is 1. The number of nitrogens with zero attached hydrogens (tertiary/aromatic N) is 4. The molecule has 10 heteroatoms. The predicted octanol–water partition coefficient (Wildman–Crippen LogP) is 3.00. The second-order valence-electron chi connectivity index (χ2n) is 6.54. The molecule has 1 aliphatic heterocycles. The first-order valence-electron chi connectivity index (χ1n) is 9.84. The van der Waals surface area contributed by atoms with Crippen molar-refractivity contribution in [2.24, 2.45) is 5.14 Å². The van der Waals surface area contributed by atoms with Gasteiger partial charge in [-0.25, -0.2) is 23.1 Å². The van der Waals surface area contributed by atoms with Crippen LogP contribution in [0, 0.1) is 0 Å². The Morgan fingerprint density at radius 3 is 2.45 bits per heavy atom. The first kappa shape index (κ1) is 21.7. The highest BCUT2D eigenvalue weighted by Gasteiger charge is 2.17. The molecule has 3 aromatic rings. The average Bonchev–Trinajstić information content (AvgIpc) is 3.30. The zero-order valence-electron chi connectivity index (χ0n) is 16.7. The minimum absolute atomic E-state index is 0.144. The Morgan fingerprint density at radius 1 is 1.14 bits per heavy atom. The molecule has 1 aromatic carbocycles. The molecule has 0 bridgehead atoms. The van der Waals surface area contributed by atoms with Gasteiger partial charge in [0, 0.05) is 12.1 Å². The highest BCUT2D eigenvalue weighted by Crippen LogP contribution is 2.25. The van der Waals surface area contributed by atoms with Gasteiger partial charge in [-0.05, 0) is 50.2 Å². The molecule has 4 rings (SSSR count). The molecule has 0 amide bonds. The number of imidazole rings is 1. The van der Waals surface area contributed by atoms with Crippen LogP contribution in [0.2, 0.25) is 0 Å².